The number of nitrogens with one attached hydrogen (secondary N) is 1. The summed E-state index contributed by atoms with van der Waals surface area (Å²) < 4.78 is 43.7. The second-order valence-electron chi connectivity index (χ2n) is 5.41. The van der Waals surface area contributed by atoms with Crippen LogP contribution in [0, 0.1) is 0 Å². The molecule has 2 aromatic rings. The summed E-state index contributed by atoms with van der Waals surface area (Å²) in [5.41, 5.74) is 0.762. The van der Waals surface area contributed by atoms with Gasteiger partial charge < -0.3 is 10.1 Å². The summed E-state index contributed by atoms with van der Waals surface area (Å²) in [7, 11) is 0. The zero-order valence-electron chi connectivity index (χ0n) is 13.2. The van der Waals surface area contributed by atoms with Gasteiger partial charge in [0.05, 0.1) is 11.7 Å². The summed E-state index contributed by atoms with van der Waals surface area (Å²) in [4.78, 5) is 0. The second-order valence-corrected chi connectivity index (χ2v) is 5.41. The number of anilines is 1. The summed E-state index contributed by atoms with van der Waals surface area (Å²) >= 11 is 0. The molecule has 0 saturated heterocycles. The van der Waals surface area contributed by atoms with Gasteiger partial charge in [-0.15, -0.1) is 0 Å². The summed E-state index contributed by atoms with van der Waals surface area (Å²) in [5, 5.41) is 3.00. The van der Waals surface area contributed by atoms with Crippen LogP contribution in [0.1, 0.15) is 31.4 Å². The first-order valence-electron chi connectivity index (χ1n) is 7.55. The van der Waals surface area contributed by atoms with Crippen LogP contribution in [-0.4, -0.2) is 6.10 Å². The Hall–Kier alpha value is -2.17. The van der Waals surface area contributed by atoms with Crippen LogP contribution in [0.4, 0.5) is 18.9 Å². The second kappa shape index (κ2) is 7.40. The fourth-order valence-corrected chi connectivity index (χ4v) is 2.01. The molecule has 2 nitrogen and oxygen atoms in total. The first kappa shape index (κ1) is 17.2. The summed E-state index contributed by atoms with van der Waals surface area (Å²) in [5.74, 6) is 0.794. The molecule has 0 heterocycles. The van der Waals surface area contributed by atoms with Crippen molar-refractivity contribution in [3.05, 3.63) is 59.7 Å². The SMILES string of the molecule is CCC(C)Oc1ccc(CNc2cccc(C(F)(F)F)c2)cc1. The highest BCUT2D eigenvalue weighted by Crippen LogP contribution is 2.30. The lowest BCUT2D eigenvalue weighted by Crippen LogP contribution is -2.09. The van der Waals surface area contributed by atoms with Gasteiger partial charge in [-0.3, -0.25) is 0 Å². The molecule has 1 atom stereocenters. The molecule has 1 N–H and O–H groups in total. The van der Waals surface area contributed by atoms with E-state index < -0.39 is 11.7 Å². The van der Waals surface area contributed by atoms with Crippen LogP contribution >= 0.6 is 0 Å². The van der Waals surface area contributed by atoms with E-state index in [0.717, 1.165) is 29.9 Å². The molecule has 0 aromatic heterocycles. The zero-order valence-corrected chi connectivity index (χ0v) is 13.2. The molecular weight excluding hydrogens is 303 g/mol. The standard InChI is InChI=1S/C18H20F3NO/c1-3-13(2)23-17-9-7-14(8-10-17)12-22-16-6-4-5-15(11-16)18(19,20)21/h4-11,13,22H,3,12H2,1-2H3. The van der Waals surface area contributed by atoms with E-state index in [1.807, 2.05) is 31.2 Å². The van der Waals surface area contributed by atoms with Gasteiger partial charge in [0.2, 0.25) is 0 Å². The summed E-state index contributed by atoms with van der Waals surface area (Å²) in [6, 6.07) is 12.7. The van der Waals surface area contributed by atoms with Crippen LogP contribution in [0.5, 0.6) is 5.75 Å². The quantitative estimate of drug-likeness (QED) is 0.758. The van der Waals surface area contributed by atoms with Gasteiger partial charge in [-0.25, -0.2) is 0 Å². The lowest BCUT2D eigenvalue weighted by atomic mass is 10.1. The Kier molecular flexibility index (Phi) is 5.53. The van der Waals surface area contributed by atoms with E-state index >= 15 is 0 Å². The number of hydrogen-bond acceptors (Lipinski definition) is 2. The molecule has 124 valence electrons. The number of alkyl halides is 3. The van der Waals surface area contributed by atoms with Crippen LogP contribution in [-0.2, 0) is 12.7 Å². The van der Waals surface area contributed by atoms with Crippen molar-refractivity contribution in [3.8, 4) is 5.75 Å². The molecule has 1 unspecified atom stereocenters. The predicted octanol–water partition coefficient (Wildman–Crippen LogP) is 5.49. The zero-order chi connectivity index (χ0) is 16.9. The van der Waals surface area contributed by atoms with Crippen LogP contribution in [0.2, 0.25) is 0 Å². The molecule has 0 bridgehead atoms. The number of hydrogen-bond donors (Lipinski definition) is 1. The van der Waals surface area contributed by atoms with Crippen molar-refractivity contribution in [2.45, 2.75) is 39.1 Å². The molecule has 0 fully saturated rings. The molecule has 0 amide bonds. The van der Waals surface area contributed by atoms with Crippen molar-refractivity contribution in [1.82, 2.24) is 0 Å². The van der Waals surface area contributed by atoms with E-state index in [0.29, 0.717) is 12.2 Å². The molecule has 0 saturated carbocycles. The summed E-state index contributed by atoms with van der Waals surface area (Å²) in [6.07, 6.45) is -3.24. The van der Waals surface area contributed by atoms with E-state index in [1.165, 1.54) is 6.07 Å². The normalized spacial score (nSPS) is 12.7. The monoisotopic (exact) mass is 323 g/mol. The van der Waals surface area contributed by atoms with Gasteiger partial charge >= 0.3 is 6.18 Å². The lowest BCUT2D eigenvalue weighted by Gasteiger charge is -2.13. The fraction of sp³-hybridized carbons (Fsp3) is 0.333. The third kappa shape index (κ3) is 5.20. The third-order valence-corrected chi connectivity index (χ3v) is 3.52. The molecule has 2 rings (SSSR count). The van der Waals surface area contributed by atoms with Gasteiger partial charge in [0.15, 0.2) is 0 Å². The Morgan fingerprint density at radius 1 is 1.09 bits per heavy atom. The van der Waals surface area contributed by atoms with E-state index in [9.17, 15) is 13.2 Å². The smallest absolute Gasteiger partial charge is 0.416 e. The van der Waals surface area contributed by atoms with Crippen molar-refractivity contribution in [1.29, 1.82) is 0 Å². The predicted molar refractivity (Wildman–Crippen MR) is 85.6 cm³/mol. The average Bonchev–Trinajstić information content (AvgIpc) is 2.53. The number of halogens is 3. The van der Waals surface area contributed by atoms with Crippen LogP contribution in [0.25, 0.3) is 0 Å². The number of rotatable bonds is 6. The van der Waals surface area contributed by atoms with E-state index in [4.69, 9.17) is 4.74 Å². The molecule has 0 spiro atoms. The van der Waals surface area contributed by atoms with Crippen molar-refractivity contribution < 1.29 is 17.9 Å². The van der Waals surface area contributed by atoms with Gasteiger partial charge in [-0.2, -0.15) is 13.2 Å². The van der Waals surface area contributed by atoms with Crippen LogP contribution < -0.4 is 10.1 Å². The van der Waals surface area contributed by atoms with E-state index in [-0.39, 0.29) is 6.10 Å². The third-order valence-electron chi connectivity index (χ3n) is 3.52. The van der Waals surface area contributed by atoms with Crippen LogP contribution in [0.3, 0.4) is 0 Å². The van der Waals surface area contributed by atoms with Gasteiger partial charge in [0.25, 0.3) is 0 Å². The lowest BCUT2D eigenvalue weighted by molar-refractivity contribution is -0.137. The Labute approximate surface area is 134 Å². The highest BCUT2D eigenvalue weighted by molar-refractivity contribution is 5.47. The van der Waals surface area contributed by atoms with E-state index in [1.54, 1.807) is 6.07 Å². The molecule has 0 aliphatic carbocycles. The van der Waals surface area contributed by atoms with Crippen molar-refractivity contribution >= 4 is 5.69 Å². The number of benzene rings is 2. The summed E-state index contributed by atoms with van der Waals surface area (Å²) in [6.45, 7) is 4.51. The Morgan fingerprint density at radius 3 is 2.39 bits per heavy atom. The van der Waals surface area contributed by atoms with Crippen molar-refractivity contribution in [3.63, 3.8) is 0 Å². The maximum Gasteiger partial charge on any atom is 0.416 e. The first-order valence-corrected chi connectivity index (χ1v) is 7.55. The van der Waals surface area contributed by atoms with Crippen LogP contribution in [0.15, 0.2) is 48.5 Å². The molecule has 5 heteroatoms. The highest BCUT2D eigenvalue weighted by Gasteiger charge is 2.30. The van der Waals surface area contributed by atoms with E-state index in [2.05, 4.69) is 12.2 Å². The molecular formula is C18H20F3NO. The van der Waals surface area contributed by atoms with Crippen molar-refractivity contribution in [2.24, 2.45) is 0 Å². The maximum absolute atomic E-state index is 12.7. The first-order chi connectivity index (χ1) is 10.9. The maximum atomic E-state index is 12.7. The Balaban J connectivity index is 1.96. The average molecular weight is 323 g/mol. The molecule has 2 aromatic carbocycles. The molecule has 0 aliphatic rings. The van der Waals surface area contributed by atoms with Gasteiger partial charge in [-0.05, 0) is 49.2 Å². The topological polar surface area (TPSA) is 21.3 Å². The molecule has 0 aliphatic heterocycles. The minimum absolute atomic E-state index is 0.157. The van der Waals surface area contributed by atoms with Gasteiger partial charge in [0, 0.05) is 12.2 Å². The highest BCUT2D eigenvalue weighted by atomic mass is 19.4. The van der Waals surface area contributed by atoms with Gasteiger partial charge in [0.1, 0.15) is 5.75 Å². The van der Waals surface area contributed by atoms with Gasteiger partial charge in [-0.1, -0.05) is 25.1 Å². The molecule has 0 radical (unpaired) electrons. The minimum Gasteiger partial charge on any atom is -0.491 e. The Morgan fingerprint density at radius 2 is 1.78 bits per heavy atom. The largest absolute Gasteiger partial charge is 0.491 e. The minimum atomic E-state index is -4.33. The Bertz CT molecular complexity index is 623. The molecule has 23 heavy (non-hydrogen) atoms. The number of ether oxygens (including phenoxy) is 1. The van der Waals surface area contributed by atoms with Crippen molar-refractivity contribution in [2.75, 3.05) is 5.32 Å². The fourth-order valence-electron chi connectivity index (χ4n) is 2.01.